The first-order chi connectivity index (χ1) is 11.2. The monoisotopic (exact) mass is 347 g/mol. The summed E-state index contributed by atoms with van der Waals surface area (Å²) in [4.78, 5) is 14.2. The second-order valence-corrected chi connectivity index (χ2v) is 6.41. The molecule has 23 heavy (non-hydrogen) atoms. The molecular formula is C15H18N5OPS. The standard InChI is InChI=1S/C15H18N5OPS/c1-10(21-9-22)7-20-8-17-12-13(20)18-15(16)19-14(12)23-11-5-3-2-4-6-11/h2-6,8,10H,7,9,22H2,1H3,(H2,16,18,19). The smallest absolute Gasteiger partial charge is 0.223 e. The third kappa shape index (κ3) is 3.80. The summed E-state index contributed by atoms with van der Waals surface area (Å²) in [6, 6.07) is 10.0. The van der Waals surface area contributed by atoms with Gasteiger partial charge in [0.1, 0.15) is 10.5 Å². The fourth-order valence-electron chi connectivity index (χ4n) is 2.23. The van der Waals surface area contributed by atoms with Crippen molar-refractivity contribution in [3.05, 3.63) is 36.7 Å². The number of nitrogen functional groups attached to an aromatic ring is 1. The van der Waals surface area contributed by atoms with Gasteiger partial charge in [-0.15, -0.1) is 9.24 Å². The van der Waals surface area contributed by atoms with Crippen LogP contribution in [0.15, 0.2) is 46.6 Å². The van der Waals surface area contributed by atoms with Crippen molar-refractivity contribution in [2.24, 2.45) is 0 Å². The van der Waals surface area contributed by atoms with Gasteiger partial charge in [0.05, 0.1) is 25.3 Å². The van der Waals surface area contributed by atoms with Crippen LogP contribution >= 0.6 is 21.0 Å². The van der Waals surface area contributed by atoms with Gasteiger partial charge in [0.15, 0.2) is 5.65 Å². The van der Waals surface area contributed by atoms with E-state index in [-0.39, 0.29) is 12.1 Å². The number of benzene rings is 1. The first kappa shape index (κ1) is 16.2. The lowest BCUT2D eigenvalue weighted by molar-refractivity contribution is 0.0912. The van der Waals surface area contributed by atoms with Crippen molar-refractivity contribution in [3.8, 4) is 0 Å². The average molecular weight is 347 g/mol. The fraction of sp³-hybridized carbons (Fsp3) is 0.267. The molecule has 2 atom stereocenters. The van der Waals surface area contributed by atoms with Crippen molar-refractivity contribution in [2.75, 3.05) is 12.1 Å². The minimum Gasteiger partial charge on any atom is -0.373 e. The molecule has 2 aromatic heterocycles. The summed E-state index contributed by atoms with van der Waals surface area (Å²) in [7, 11) is 2.55. The molecular weight excluding hydrogens is 329 g/mol. The van der Waals surface area contributed by atoms with Gasteiger partial charge in [-0.3, -0.25) is 0 Å². The Morgan fingerprint density at radius 1 is 1.30 bits per heavy atom. The molecule has 3 aromatic rings. The van der Waals surface area contributed by atoms with Gasteiger partial charge in [-0.05, 0) is 19.1 Å². The number of aromatic nitrogens is 4. The van der Waals surface area contributed by atoms with Gasteiger partial charge >= 0.3 is 0 Å². The third-order valence-corrected chi connectivity index (χ3v) is 4.42. The van der Waals surface area contributed by atoms with E-state index in [9.17, 15) is 0 Å². The van der Waals surface area contributed by atoms with E-state index in [1.165, 1.54) is 11.8 Å². The molecule has 0 amide bonds. The van der Waals surface area contributed by atoms with Gasteiger partial charge in [-0.25, -0.2) is 9.97 Å². The van der Waals surface area contributed by atoms with E-state index in [1.54, 1.807) is 6.33 Å². The Kier molecular flexibility index (Phi) is 5.10. The summed E-state index contributed by atoms with van der Waals surface area (Å²) in [5, 5.41) is 0.761. The molecule has 2 heterocycles. The Hall–Kier alpha value is -1.69. The summed E-state index contributed by atoms with van der Waals surface area (Å²) < 4.78 is 7.51. The largest absolute Gasteiger partial charge is 0.373 e. The van der Waals surface area contributed by atoms with Crippen LogP contribution in [0.2, 0.25) is 0 Å². The second kappa shape index (κ2) is 7.25. The predicted octanol–water partition coefficient (Wildman–Crippen LogP) is 2.80. The summed E-state index contributed by atoms with van der Waals surface area (Å²) in [5.41, 5.74) is 7.37. The molecule has 0 aliphatic heterocycles. The zero-order valence-electron chi connectivity index (χ0n) is 12.7. The van der Waals surface area contributed by atoms with Crippen molar-refractivity contribution < 1.29 is 4.74 Å². The van der Waals surface area contributed by atoms with Crippen LogP contribution in [-0.4, -0.2) is 32.0 Å². The zero-order chi connectivity index (χ0) is 16.2. The SMILES string of the molecule is CC(Cn1cnc2c(Sc3ccccc3)nc(N)nc21)OCP. The molecule has 0 saturated carbocycles. The number of rotatable bonds is 6. The van der Waals surface area contributed by atoms with Crippen LogP contribution < -0.4 is 5.73 Å². The van der Waals surface area contributed by atoms with Crippen LogP contribution in [0.25, 0.3) is 11.2 Å². The van der Waals surface area contributed by atoms with E-state index >= 15 is 0 Å². The van der Waals surface area contributed by atoms with E-state index in [4.69, 9.17) is 10.5 Å². The van der Waals surface area contributed by atoms with Crippen LogP contribution in [0, 0.1) is 0 Å². The normalized spacial score (nSPS) is 12.6. The molecule has 0 aliphatic carbocycles. The third-order valence-electron chi connectivity index (χ3n) is 3.24. The van der Waals surface area contributed by atoms with Crippen molar-refractivity contribution in [2.45, 2.75) is 29.5 Å². The van der Waals surface area contributed by atoms with Gasteiger partial charge < -0.3 is 15.0 Å². The van der Waals surface area contributed by atoms with Crippen LogP contribution in [0.1, 0.15) is 6.92 Å². The Morgan fingerprint density at radius 2 is 2.09 bits per heavy atom. The number of hydrogen-bond donors (Lipinski definition) is 1. The minimum atomic E-state index is 0.0614. The molecule has 2 N–H and O–H groups in total. The number of anilines is 1. The van der Waals surface area contributed by atoms with Crippen LogP contribution in [0.5, 0.6) is 0 Å². The van der Waals surface area contributed by atoms with Crippen molar-refractivity contribution in [1.82, 2.24) is 19.5 Å². The molecule has 0 bridgehead atoms. The molecule has 0 spiro atoms. The highest BCUT2D eigenvalue weighted by atomic mass is 32.2. The quantitative estimate of drug-likeness (QED) is 0.546. The highest BCUT2D eigenvalue weighted by Crippen LogP contribution is 2.31. The number of hydrogen-bond acceptors (Lipinski definition) is 6. The lowest BCUT2D eigenvalue weighted by Crippen LogP contribution is -2.15. The molecule has 0 fully saturated rings. The first-order valence-corrected chi connectivity index (χ1v) is 8.83. The topological polar surface area (TPSA) is 78.9 Å². The molecule has 8 heteroatoms. The van der Waals surface area contributed by atoms with E-state index in [2.05, 4.69) is 24.2 Å². The van der Waals surface area contributed by atoms with Gasteiger partial charge in [0, 0.05) is 4.90 Å². The van der Waals surface area contributed by atoms with E-state index in [1.807, 2.05) is 41.8 Å². The molecule has 6 nitrogen and oxygen atoms in total. The lowest BCUT2D eigenvalue weighted by atomic mass is 10.4. The highest BCUT2D eigenvalue weighted by molar-refractivity contribution is 7.99. The second-order valence-electron chi connectivity index (χ2n) is 5.02. The Balaban J connectivity index is 1.95. The molecule has 0 aliphatic rings. The van der Waals surface area contributed by atoms with Gasteiger partial charge in [-0.1, -0.05) is 30.0 Å². The maximum Gasteiger partial charge on any atom is 0.223 e. The maximum absolute atomic E-state index is 5.88. The summed E-state index contributed by atoms with van der Waals surface area (Å²) in [6.45, 7) is 2.68. The molecule has 0 saturated heterocycles. The number of ether oxygens (including phenoxy) is 1. The van der Waals surface area contributed by atoms with Crippen LogP contribution in [-0.2, 0) is 11.3 Å². The van der Waals surface area contributed by atoms with Crippen molar-refractivity contribution >= 4 is 38.1 Å². The lowest BCUT2D eigenvalue weighted by Gasteiger charge is -2.12. The number of nitrogens with two attached hydrogens (primary N) is 1. The molecule has 1 aromatic carbocycles. The summed E-state index contributed by atoms with van der Waals surface area (Å²) in [5.74, 6) is 0.247. The average Bonchev–Trinajstić information content (AvgIpc) is 2.91. The molecule has 120 valence electrons. The minimum absolute atomic E-state index is 0.0614. The van der Waals surface area contributed by atoms with E-state index in [0.29, 0.717) is 12.9 Å². The highest BCUT2D eigenvalue weighted by Gasteiger charge is 2.15. The molecule has 2 unspecified atom stereocenters. The molecule has 3 rings (SSSR count). The molecule has 0 radical (unpaired) electrons. The maximum atomic E-state index is 5.88. The van der Waals surface area contributed by atoms with E-state index in [0.717, 1.165) is 21.1 Å². The summed E-state index contributed by atoms with van der Waals surface area (Å²) in [6.07, 6.45) is 2.42. The van der Waals surface area contributed by atoms with Crippen molar-refractivity contribution in [3.63, 3.8) is 0 Å². The Bertz CT molecular complexity index is 795. The van der Waals surface area contributed by atoms with Crippen LogP contribution in [0.4, 0.5) is 5.95 Å². The number of imidazole rings is 1. The van der Waals surface area contributed by atoms with Gasteiger partial charge in [-0.2, -0.15) is 4.98 Å². The number of fused-ring (bicyclic) bond motifs is 1. The number of nitrogens with zero attached hydrogens (tertiary/aromatic N) is 4. The zero-order valence-corrected chi connectivity index (χ0v) is 14.7. The first-order valence-electron chi connectivity index (χ1n) is 7.20. The van der Waals surface area contributed by atoms with Crippen molar-refractivity contribution in [1.29, 1.82) is 0 Å². The Morgan fingerprint density at radius 3 is 2.83 bits per heavy atom. The van der Waals surface area contributed by atoms with E-state index < -0.39 is 0 Å². The van der Waals surface area contributed by atoms with Crippen LogP contribution in [0.3, 0.4) is 0 Å². The summed E-state index contributed by atoms with van der Waals surface area (Å²) >= 11 is 1.53. The predicted molar refractivity (Wildman–Crippen MR) is 95.4 cm³/mol. The van der Waals surface area contributed by atoms with Gasteiger partial charge in [0.25, 0.3) is 0 Å². The van der Waals surface area contributed by atoms with Gasteiger partial charge in [0.2, 0.25) is 5.95 Å². The Labute approximate surface area is 141 Å². The fourth-order valence-corrected chi connectivity index (χ4v) is 3.46.